The molecule has 0 saturated heterocycles. The molecule has 0 aromatic heterocycles. The zero-order valence-corrected chi connectivity index (χ0v) is 23.8. The van der Waals surface area contributed by atoms with Gasteiger partial charge in [-0.05, 0) is 29.4 Å². The fraction of sp³-hybridized carbons (Fsp3) is 0.800. The molecule has 0 fully saturated rings. The lowest BCUT2D eigenvalue weighted by molar-refractivity contribution is -0.142. The zero-order valence-electron chi connectivity index (χ0n) is 23.0. The number of carboxylic acids is 2. The third-order valence-corrected chi connectivity index (χ3v) is 6.52. The molecule has 0 bridgehead atoms. The summed E-state index contributed by atoms with van der Waals surface area (Å²) < 4.78 is 5.36. The Bertz CT molecular complexity index is 762. The number of amides is 3. The standard InChI is InChI=1S/C25H45N3O8S/c1-24(2,3)11-9-19(29)26-12-14-36-13-10-20(30)27-17(7-8-21(31)32)22(33)28-18(23(34)35)15-37-16-25(4,5)6/h17-18H,7-16H2,1-6H3,(H,26,29)(H,27,30)(H,28,33)(H,31,32)(H,34,35)/t17-,18-/m0/s1. The Balaban J connectivity index is 4.61. The van der Waals surface area contributed by atoms with Gasteiger partial charge in [-0.15, -0.1) is 0 Å². The van der Waals surface area contributed by atoms with E-state index in [1.54, 1.807) is 0 Å². The average molecular weight is 548 g/mol. The maximum atomic E-state index is 12.7. The lowest BCUT2D eigenvalue weighted by Gasteiger charge is -2.22. The molecule has 0 heterocycles. The first kappa shape index (κ1) is 34.7. The predicted molar refractivity (Wildman–Crippen MR) is 142 cm³/mol. The molecule has 214 valence electrons. The summed E-state index contributed by atoms with van der Waals surface area (Å²) in [5.74, 6) is -2.89. The Morgan fingerprint density at radius 1 is 0.811 bits per heavy atom. The van der Waals surface area contributed by atoms with E-state index in [-0.39, 0.29) is 55.0 Å². The maximum absolute atomic E-state index is 12.7. The summed E-state index contributed by atoms with van der Waals surface area (Å²) in [7, 11) is 0. The second kappa shape index (κ2) is 17.2. The van der Waals surface area contributed by atoms with E-state index in [1.165, 1.54) is 11.8 Å². The number of carboxylic acid groups (broad SMARTS) is 2. The molecule has 3 amide bonds. The summed E-state index contributed by atoms with van der Waals surface area (Å²) in [5, 5.41) is 26.1. The van der Waals surface area contributed by atoms with E-state index in [9.17, 15) is 29.1 Å². The van der Waals surface area contributed by atoms with Gasteiger partial charge in [-0.3, -0.25) is 19.2 Å². The summed E-state index contributed by atoms with van der Waals surface area (Å²) in [4.78, 5) is 59.4. The molecule has 11 nitrogen and oxygen atoms in total. The molecule has 0 aliphatic carbocycles. The van der Waals surface area contributed by atoms with Gasteiger partial charge in [-0.25, -0.2) is 4.79 Å². The van der Waals surface area contributed by atoms with E-state index in [2.05, 4.69) is 36.7 Å². The number of aliphatic carboxylic acids is 2. The van der Waals surface area contributed by atoms with Gasteiger partial charge in [0, 0.05) is 31.6 Å². The molecule has 0 spiro atoms. The normalized spacial score (nSPS) is 13.4. The maximum Gasteiger partial charge on any atom is 0.327 e. The number of hydrogen-bond acceptors (Lipinski definition) is 7. The summed E-state index contributed by atoms with van der Waals surface area (Å²) in [5.41, 5.74) is 0.0514. The van der Waals surface area contributed by atoms with Crippen molar-refractivity contribution in [3.05, 3.63) is 0 Å². The molecule has 37 heavy (non-hydrogen) atoms. The molecule has 0 rings (SSSR count). The summed E-state index contributed by atoms with van der Waals surface area (Å²) in [6.45, 7) is 12.8. The first-order chi connectivity index (χ1) is 17.0. The molecular formula is C25H45N3O8S. The fourth-order valence-corrected chi connectivity index (χ4v) is 4.03. The van der Waals surface area contributed by atoms with E-state index in [4.69, 9.17) is 9.84 Å². The first-order valence-electron chi connectivity index (χ1n) is 12.5. The molecule has 0 aliphatic heterocycles. The van der Waals surface area contributed by atoms with Crippen LogP contribution in [-0.4, -0.2) is 83.2 Å². The van der Waals surface area contributed by atoms with Gasteiger partial charge in [0.25, 0.3) is 0 Å². The van der Waals surface area contributed by atoms with Gasteiger partial charge in [-0.2, -0.15) is 11.8 Å². The third-order valence-electron chi connectivity index (χ3n) is 4.88. The number of hydrogen-bond donors (Lipinski definition) is 5. The van der Waals surface area contributed by atoms with Gasteiger partial charge in [0.1, 0.15) is 12.1 Å². The van der Waals surface area contributed by atoms with Crippen LogP contribution in [0, 0.1) is 10.8 Å². The largest absolute Gasteiger partial charge is 0.481 e. The topological polar surface area (TPSA) is 171 Å². The van der Waals surface area contributed by atoms with Gasteiger partial charge < -0.3 is 30.9 Å². The number of thioether (sulfide) groups is 1. The van der Waals surface area contributed by atoms with Gasteiger partial charge in [0.15, 0.2) is 0 Å². The number of nitrogens with one attached hydrogen (secondary N) is 3. The molecule has 0 saturated carbocycles. The van der Waals surface area contributed by atoms with Crippen LogP contribution in [0.4, 0.5) is 0 Å². The Labute approximate surface area is 224 Å². The van der Waals surface area contributed by atoms with Crippen LogP contribution in [-0.2, 0) is 28.7 Å². The summed E-state index contributed by atoms with van der Waals surface area (Å²) in [6, 6.07) is -2.37. The Hall–Kier alpha value is -2.34. The average Bonchev–Trinajstić information content (AvgIpc) is 2.75. The number of ether oxygens (including phenoxy) is 1. The molecule has 5 N–H and O–H groups in total. The van der Waals surface area contributed by atoms with Crippen LogP contribution in [0.5, 0.6) is 0 Å². The Morgan fingerprint density at radius 3 is 2.00 bits per heavy atom. The van der Waals surface area contributed by atoms with Crippen molar-refractivity contribution in [2.24, 2.45) is 10.8 Å². The molecule has 0 aromatic rings. The number of carbonyl (C=O) groups excluding carboxylic acids is 3. The molecule has 0 aromatic carbocycles. The van der Waals surface area contributed by atoms with Gasteiger partial charge >= 0.3 is 11.9 Å². The minimum atomic E-state index is -1.21. The third kappa shape index (κ3) is 20.4. The highest BCUT2D eigenvalue weighted by Crippen LogP contribution is 2.21. The van der Waals surface area contributed by atoms with Crippen molar-refractivity contribution in [3.63, 3.8) is 0 Å². The molecular weight excluding hydrogens is 502 g/mol. The van der Waals surface area contributed by atoms with Gasteiger partial charge in [0.2, 0.25) is 17.7 Å². The lowest BCUT2D eigenvalue weighted by Crippen LogP contribution is -2.52. The summed E-state index contributed by atoms with van der Waals surface area (Å²) >= 11 is 1.39. The molecule has 2 atom stereocenters. The smallest absolute Gasteiger partial charge is 0.327 e. The van der Waals surface area contributed by atoms with Crippen molar-refractivity contribution in [3.8, 4) is 0 Å². The molecule has 0 radical (unpaired) electrons. The number of carbonyl (C=O) groups is 5. The van der Waals surface area contributed by atoms with Crippen LogP contribution in [0.25, 0.3) is 0 Å². The lowest BCUT2D eigenvalue weighted by atomic mass is 9.90. The highest BCUT2D eigenvalue weighted by Gasteiger charge is 2.27. The molecule has 12 heteroatoms. The molecule has 0 aliphatic rings. The van der Waals surface area contributed by atoms with Crippen molar-refractivity contribution < 1.29 is 38.9 Å². The second-order valence-corrected chi connectivity index (χ2v) is 12.3. The highest BCUT2D eigenvalue weighted by atomic mass is 32.2. The van der Waals surface area contributed by atoms with Crippen molar-refractivity contribution in [2.45, 2.75) is 85.7 Å². The quantitative estimate of drug-likeness (QED) is 0.161. The number of rotatable bonds is 18. The summed E-state index contributed by atoms with van der Waals surface area (Å²) in [6.07, 6.45) is 0.540. The van der Waals surface area contributed by atoms with Crippen LogP contribution in [0.3, 0.4) is 0 Å². The van der Waals surface area contributed by atoms with Crippen LogP contribution in [0.2, 0.25) is 0 Å². The Morgan fingerprint density at radius 2 is 1.46 bits per heavy atom. The highest BCUT2D eigenvalue weighted by molar-refractivity contribution is 7.99. The van der Waals surface area contributed by atoms with Crippen molar-refractivity contribution >= 4 is 41.4 Å². The van der Waals surface area contributed by atoms with E-state index < -0.39 is 35.8 Å². The van der Waals surface area contributed by atoms with Gasteiger partial charge in [0.05, 0.1) is 13.2 Å². The monoisotopic (exact) mass is 547 g/mol. The van der Waals surface area contributed by atoms with Crippen LogP contribution < -0.4 is 16.0 Å². The van der Waals surface area contributed by atoms with E-state index >= 15 is 0 Å². The van der Waals surface area contributed by atoms with Crippen LogP contribution in [0.1, 0.15) is 73.6 Å². The van der Waals surface area contributed by atoms with E-state index in [0.29, 0.717) is 18.7 Å². The fourth-order valence-electron chi connectivity index (χ4n) is 2.84. The predicted octanol–water partition coefficient (Wildman–Crippen LogP) is 2.03. The van der Waals surface area contributed by atoms with Crippen molar-refractivity contribution in [1.82, 2.24) is 16.0 Å². The van der Waals surface area contributed by atoms with Crippen molar-refractivity contribution in [1.29, 1.82) is 0 Å². The van der Waals surface area contributed by atoms with Crippen molar-refractivity contribution in [2.75, 3.05) is 31.3 Å². The SMILES string of the molecule is CC(C)(C)CCC(=O)NCCOCCC(=O)N[C@@H](CCC(=O)O)C(=O)N[C@@H](CSCC(C)(C)C)C(=O)O. The molecule has 0 unspecified atom stereocenters. The Kier molecular flexibility index (Phi) is 16.1. The zero-order chi connectivity index (χ0) is 28.6. The van der Waals surface area contributed by atoms with E-state index in [0.717, 1.165) is 6.42 Å². The minimum absolute atomic E-state index is 0.0182. The van der Waals surface area contributed by atoms with Crippen LogP contribution in [0.15, 0.2) is 0 Å². The first-order valence-corrected chi connectivity index (χ1v) is 13.6. The minimum Gasteiger partial charge on any atom is -0.481 e. The van der Waals surface area contributed by atoms with Crippen LogP contribution >= 0.6 is 11.8 Å². The van der Waals surface area contributed by atoms with Gasteiger partial charge in [-0.1, -0.05) is 41.5 Å². The van der Waals surface area contributed by atoms with E-state index in [1.807, 2.05) is 20.8 Å². The second-order valence-electron chi connectivity index (χ2n) is 11.3.